The molecule has 0 saturated heterocycles. The van der Waals surface area contributed by atoms with Gasteiger partial charge in [-0.25, -0.2) is 0 Å². The van der Waals surface area contributed by atoms with Crippen molar-refractivity contribution in [2.24, 2.45) is 16.6 Å². The molecule has 0 spiro atoms. The number of nitrogens with two attached hydrogens (primary N) is 1. The molecule has 1 aliphatic rings. The molecule has 2 unspecified atom stereocenters. The van der Waals surface area contributed by atoms with Crippen molar-refractivity contribution in [3.63, 3.8) is 0 Å². The Hall–Kier alpha value is -0.830. The highest BCUT2D eigenvalue weighted by Gasteiger charge is 2.14. The van der Waals surface area contributed by atoms with Gasteiger partial charge < -0.3 is 5.32 Å². The first kappa shape index (κ1) is 11.2. The van der Waals surface area contributed by atoms with Crippen LogP contribution in [0, 0.1) is 5.92 Å². The molecule has 2 atom stereocenters. The fraction of sp³-hybridized carbons (Fsp3) is 0.727. The SMILES string of the molecule is CCCCC(CC)C1=CC=NC(N)N1. The van der Waals surface area contributed by atoms with E-state index in [0.29, 0.717) is 5.92 Å². The van der Waals surface area contributed by atoms with Crippen molar-refractivity contribution in [3.05, 3.63) is 11.8 Å². The van der Waals surface area contributed by atoms with Crippen molar-refractivity contribution >= 4 is 6.21 Å². The van der Waals surface area contributed by atoms with Crippen molar-refractivity contribution < 1.29 is 0 Å². The largest absolute Gasteiger partial charge is 0.355 e. The highest BCUT2D eigenvalue weighted by atomic mass is 15.2. The Labute approximate surface area is 86.5 Å². The Morgan fingerprint density at radius 3 is 2.93 bits per heavy atom. The quantitative estimate of drug-likeness (QED) is 0.705. The minimum atomic E-state index is -0.245. The van der Waals surface area contributed by atoms with Crippen molar-refractivity contribution in [1.82, 2.24) is 5.32 Å². The summed E-state index contributed by atoms with van der Waals surface area (Å²) < 4.78 is 0. The molecule has 3 N–H and O–H groups in total. The van der Waals surface area contributed by atoms with Crippen LogP contribution in [0.3, 0.4) is 0 Å². The second-order valence-electron chi connectivity index (χ2n) is 3.76. The van der Waals surface area contributed by atoms with E-state index >= 15 is 0 Å². The summed E-state index contributed by atoms with van der Waals surface area (Å²) in [4.78, 5) is 4.04. The van der Waals surface area contributed by atoms with Crippen LogP contribution in [0.2, 0.25) is 0 Å². The van der Waals surface area contributed by atoms with Gasteiger partial charge in [0.05, 0.1) is 0 Å². The molecule has 0 bridgehead atoms. The van der Waals surface area contributed by atoms with Gasteiger partial charge in [0.2, 0.25) is 0 Å². The third-order valence-electron chi connectivity index (χ3n) is 2.65. The number of nitrogens with one attached hydrogen (secondary N) is 1. The number of unbranched alkanes of at least 4 members (excludes halogenated alkanes) is 1. The van der Waals surface area contributed by atoms with Crippen LogP contribution >= 0.6 is 0 Å². The van der Waals surface area contributed by atoms with E-state index in [0.717, 1.165) is 0 Å². The maximum Gasteiger partial charge on any atom is 0.170 e. The first-order chi connectivity index (χ1) is 6.77. The highest BCUT2D eigenvalue weighted by molar-refractivity contribution is 5.73. The molecule has 1 aliphatic heterocycles. The number of hydrogen-bond donors (Lipinski definition) is 2. The molecule has 1 heterocycles. The Kier molecular flexibility index (Phi) is 4.66. The molecule has 1 rings (SSSR count). The normalized spacial score (nSPS) is 22.8. The molecule has 14 heavy (non-hydrogen) atoms. The second-order valence-corrected chi connectivity index (χ2v) is 3.76. The molecule has 3 heteroatoms. The Morgan fingerprint density at radius 1 is 1.57 bits per heavy atom. The maximum absolute atomic E-state index is 5.70. The van der Waals surface area contributed by atoms with Crippen LogP contribution in [0.4, 0.5) is 0 Å². The zero-order chi connectivity index (χ0) is 10.4. The summed E-state index contributed by atoms with van der Waals surface area (Å²) in [5.41, 5.74) is 6.95. The van der Waals surface area contributed by atoms with Gasteiger partial charge in [-0.2, -0.15) is 0 Å². The minimum absolute atomic E-state index is 0.245. The summed E-state index contributed by atoms with van der Waals surface area (Å²) in [5, 5.41) is 3.22. The predicted molar refractivity (Wildman–Crippen MR) is 61.0 cm³/mol. The molecule has 0 fully saturated rings. The number of nitrogens with zero attached hydrogens (tertiary/aromatic N) is 1. The third-order valence-corrected chi connectivity index (χ3v) is 2.65. The van der Waals surface area contributed by atoms with Gasteiger partial charge in [0, 0.05) is 11.9 Å². The lowest BCUT2D eigenvalue weighted by Crippen LogP contribution is -2.39. The van der Waals surface area contributed by atoms with Crippen molar-refractivity contribution in [2.75, 3.05) is 0 Å². The van der Waals surface area contributed by atoms with E-state index in [-0.39, 0.29) is 6.29 Å². The summed E-state index contributed by atoms with van der Waals surface area (Å²) in [7, 11) is 0. The van der Waals surface area contributed by atoms with Gasteiger partial charge >= 0.3 is 0 Å². The van der Waals surface area contributed by atoms with Crippen molar-refractivity contribution in [3.8, 4) is 0 Å². The Bertz CT molecular complexity index is 221. The summed E-state index contributed by atoms with van der Waals surface area (Å²) in [5.74, 6) is 0.618. The molecule has 0 radical (unpaired) electrons. The topological polar surface area (TPSA) is 50.4 Å². The maximum atomic E-state index is 5.70. The van der Waals surface area contributed by atoms with Gasteiger partial charge in [0.1, 0.15) is 0 Å². The molecular weight excluding hydrogens is 174 g/mol. The molecule has 0 aromatic carbocycles. The standard InChI is InChI=1S/C11H21N3/c1-3-5-6-9(4-2)10-7-8-13-11(12)14-10/h7-9,11,14H,3-6,12H2,1-2H3. The number of rotatable bonds is 5. The van der Waals surface area contributed by atoms with Crippen LogP contribution in [-0.2, 0) is 0 Å². The van der Waals surface area contributed by atoms with E-state index in [2.05, 4.69) is 24.2 Å². The summed E-state index contributed by atoms with van der Waals surface area (Å²) in [6, 6.07) is 0. The van der Waals surface area contributed by atoms with E-state index in [1.165, 1.54) is 31.4 Å². The van der Waals surface area contributed by atoms with E-state index in [1.807, 2.05) is 12.3 Å². The zero-order valence-corrected chi connectivity index (χ0v) is 9.16. The van der Waals surface area contributed by atoms with Crippen LogP contribution in [0.25, 0.3) is 0 Å². The predicted octanol–water partition coefficient (Wildman–Crippen LogP) is 2.00. The lowest BCUT2D eigenvalue weighted by molar-refractivity contribution is 0.456. The lowest BCUT2D eigenvalue weighted by atomic mass is 9.95. The molecule has 80 valence electrons. The van der Waals surface area contributed by atoms with Gasteiger partial charge in [-0.05, 0) is 24.8 Å². The van der Waals surface area contributed by atoms with Crippen LogP contribution in [0.15, 0.2) is 16.8 Å². The molecule has 0 aromatic rings. The summed E-state index contributed by atoms with van der Waals surface area (Å²) >= 11 is 0. The average Bonchev–Trinajstić information content (AvgIpc) is 2.19. The first-order valence-corrected chi connectivity index (χ1v) is 5.53. The summed E-state index contributed by atoms with van der Waals surface area (Å²) in [6.07, 6.45) is 8.56. The van der Waals surface area contributed by atoms with Crippen molar-refractivity contribution in [1.29, 1.82) is 0 Å². The number of aliphatic imine (C=N–C) groups is 1. The number of allylic oxidation sites excluding steroid dienone is 2. The Morgan fingerprint density at radius 2 is 2.36 bits per heavy atom. The van der Waals surface area contributed by atoms with Crippen LogP contribution < -0.4 is 11.1 Å². The first-order valence-electron chi connectivity index (χ1n) is 5.53. The Balaban J connectivity index is 2.51. The van der Waals surface area contributed by atoms with E-state index in [1.54, 1.807) is 0 Å². The third kappa shape index (κ3) is 3.14. The zero-order valence-electron chi connectivity index (χ0n) is 9.16. The average molecular weight is 195 g/mol. The molecule has 0 aromatic heterocycles. The molecule has 0 amide bonds. The van der Waals surface area contributed by atoms with Crippen LogP contribution in [0.5, 0.6) is 0 Å². The van der Waals surface area contributed by atoms with E-state index in [9.17, 15) is 0 Å². The van der Waals surface area contributed by atoms with Gasteiger partial charge in [0.15, 0.2) is 6.29 Å². The monoisotopic (exact) mass is 195 g/mol. The fourth-order valence-corrected chi connectivity index (χ4v) is 1.76. The smallest absolute Gasteiger partial charge is 0.170 e. The summed E-state index contributed by atoms with van der Waals surface area (Å²) in [6.45, 7) is 4.45. The van der Waals surface area contributed by atoms with Gasteiger partial charge in [-0.3, -0.25) is 10.7 Å². The molecule has 3 nitrogen and oxygen atoms in total. The van der Waals surface area contributed by atoms with E-state index < -0.39 is 0 Å². The lowest BCUT2D eigenvalue weighted by Gasteiger charge is -2.24. The van der Waals surface area contributed by atoms with Crippen LogP contribution in [-0.4, -0.2) is 12.5 Å². The van der Waals surface area contributed by atoms with Gasteiger partial charge in [-0.1, -0.05) is 26.7 Å². The van der Waals surface area contributed by atoms with Crippen LogP contribution in [0.1, 0.15) is 39.5 Å². The van der Waals surface area contributed by atoms with Gasteiger partial charge in [-0.15, -0.1) is 0 Å². The van der Waals surface area contributed by atoms with E-state index in [4.69, 9.17) is 5.73 Å². The fourth-order valence-electron chi connectivity index (χ4n) is 1.76. The minimum Gasteiger partial charge on any atom is -0.355 e. The highest BCUT2D eigenvalue weighted by Crippen LogP contribution is 2.20. The number of hydrogen-bond acceptors (Lipinski definition) is 3. The molecule has 0 aliphatic carbocycles. The molecular formula is C11H21N3. The second kappa shape index (κ2) is 5.81. The molecule has 0 saturated carbocycles. The van der Waals surface area contributed by atoms with Crippen molar-refractivity contribution in [2.45, 2.75) is 45.8 Å². The van der Waals surface area contributed by atoms with Gasteiger partial charge in [0.25, 0.3) is 0 Å².